The average Bonchev–Trinajstić information content (AvgIpc) is 3.56. The molecule has 4 rings (SSSR count). The van der Waals surface area contributed by atoms with Gasteiger partial charge in [-0.25, -0.2) is 8.78 Å². The fourth-order valence-corrected chi connectivity index (χ4v) is 3.59. The van der Waals surface area contributed by atoms with Crippen LogP contribution in [-0.2, 0) is 6.42 Å². The Morgan fingerprint density at radius 2 is 1.76 bits per heavy atom. The number of ether oxygens (including phenoxy) is 1. The lowest BCUT2D eigenvalue weighted by molar-refractivity contribution is 0.441. The van der Waals surface area contributed by atoms with Crippen molar-refractivity contribution in [1.82, 2.24) is 0 Å². The van der Waals surface area contributed by atoms with Crippen LogP contribution in [0.1, 0.15) is 29.9 Å². The summed E-state index contributed by atoms with van der Waals surface area (Å²) in [7, 11) is 0. The fourth-order valence-electron chi connectivity index (χ4n) is 3.47. The molecule has 1 aliphatic rings. The zero-order chi connectivity index (χ0) is 20.2. The molecule has 0 heterocycles. The molecule has 0 amide bonds. The van der Waals surface area contributed by atoms with E-state index in [4.69, 9.17) is 16.3 Å². The Bertz CT molecular complexity index is 995. The minimum absolute atomic E-state index is 0.138. The van der Waals surface area contributed by atoms with E-state index in [0.29, 0.717) is 23.1 Å². The van der Waals surface area contributed by atoms with Crippen LogP contribution in [0, 0.1) is 11.7 Å². The maximum Gasteiger partial charge on any atom is 0.165 e. The second-order valence-corrected chi connectivity index (χ2v) is 7.78. The second-order valence-electron chi connectivity index (χ2n) is 7.34. The van der Waals surface area contributed by atoms with E-state index in [9.17, 15) is 4.39 Å². The molecule has 1 unspecified atom stereocenters. The molecule has 0 N–H and O–H groups in total. The molecular weight excluding hydrogens is 390 g/mol. The van der Waals surface area contributed by atoms with Gasteiger partial charge in [0, 0.05) is 10.9 Å². The highest BCUT2D eigenvalue weighted by atomic mass is 35.5. The van der Waals surface area contributed by atoms with Gasteiger partial charge < -0.3 is 4.74 Å². The van der Waals surface area contributed by atoms with Gasteiger partial charge in [-0.15, -0.1) is 0 Å². The molecule has 0 saturated heterocycles. The number of para-hydroxylation sites is 1. The molecule has 0 aromatic heterocycles. The highest BCUT2D eigenvalue weighted by Gasteiger charge is 2.35. The van der Waals surface area contributed by atoms with Gasteiger partial charge in [0.2, 0.25) is 0 Å². The van der Waals surface area contributed by atoms with Crippen molar-refractivity contribution in [1.29, 1.82) is 0 Å². The average molecular weight is 411 g/mol. The molecule has 1 saturated carbocycles. The topological polar surface area (TPSA) is 9.23 Å². The second kappa shape index (κ2) is 8.79. The lowest BCUT2D eigenvalue weighted by Gasteiger charge is -2.15. The lowest BCUT2D eigenvalue weighted by Crippen LogP contribution is -2.03. The minimum Gasteiger partial charge on any atom is -0.454 e. The summed E-state index contributed by atoms with van der Waals surface area (Å²) in [5, 5.41) is 0.643. The summed E-state index contributed by atoms with van der Waals surface area (Å²) in [6.07, 6.45) is 4.02. The highest BCUT2D eigenvalue weighted by molar-refractivity contribution is 6.30. The van der Waals surface area contributed by atoms with Gasteiger partial charge in [0.1, 0.15) is 11.6 Å². The van der Waals surface area contributed by atoms with Crippen LogP contribution >= 0.6 is 11.6 Å². The summed E-state index contributed by atoms with van der Waals surface area (Å²) in [5.74, 6) is 0.190. The van der Waals surface area contributed by atoms with Crippen molar-refractivity contribution in [2.75, 3.05) is 0 Å². The largest absolute Gasteiger partial charge is 0.454 e. The van der Waals surface area contributed by atoms with Gasteiger partial charge in [-0.2, -0.15) is 0 Å². The van der Waals surface area contributed by atoms with Gasteiger partial charge in [-0.05, 0) is 78.8 Å². The van der Waals surface area contributed by atoms with Crippen LogP contribution in [0.5, 0.6) is 11.5 Å². The van der Waals surface area contributed by atoms with Gasteiger partial charge in [-0.3, -0.25) is 0 Å². The molecular formula is C25H21ClF2O. The summed E-state index contributed by atoms with van der Waals surface area (Å²) >= 11 is 5.97. The van der Waals surface area contributed by atoms with E-state index in [-0.39, 0.29) is 17.5 Å². The van der Waals surface area contributed by atoms with E-state index in [1.807, 2.05) is 30.3 Å². The zero-order valence-electron chi connectivity index (χ0n) is 15.8. The predicted molar refractivity (Wildman–Crippen MR) is 113 cm³/mol. The molecule has 3 aromatic carbocycles. The number of allylic oxidation sites excluding steroid dienone is 2. The summed E-state index contributed by atoms with van der Waals surface area (Å²) < 4.78 is 34.8. The predicted octanol–water partition coefficient (Wildman–Crippen LogP) is 7.86. The monoisotopic (exact) mass is 410 g/mol. The third-order valence-electron chi connectivity index (χ3n) is 5.12. The van der Waals surface area contributed by atoms with Crippen LogP contribution in [0.15, 0.2) is 84.7 Å². The van der Waals surface area contributed by atoms with Crippen LogP contribution in [0.25, 0.3) is 0 Å². The standard InChI is InChI=1S/C25H21ClF2O/c26-20-12-10-19(11-13-20)25(18-8-9-18)23(28)15-7-17-6-14-22(27)24(16-17)29-21-4-2-1-3-5-21/h1-6,10-16,18,25H,7-9H2. The fraction of sp³-hybridized carbons (Fsp3) is 0.200. The molecule has 29 heavy (non-hydrogen) atoms. The van der Waals surface area contributed by atoms with E-state index in [2.05, 4.69) is 0 Å². The van der Waals surface area contributed by atoms with E-state index in [0.717, 1.165) is 24.0 Å². The van der Waals surface area contributed by atoms with Gasteiger partial charge in [-0.1, -0.05) is 48.0 Å². The highest BCUT2D eigenvalue weighted by Crippen LogP contribution is 2.47. The molecule has 1 nitrogen and oxygen atoms in total. The van der Waals surface area contributed by atoms with Crippen molar-refractivity contribution in [3.63, 3.8) is 0 Å². The molecule has 3 aromatic rings. The lowest BCUT2D eigenvalue weighted by atomic mass is 9.92. The number of hydrogen-bond donors (Lipinski definition) is 0. The molecule has 1 aliphatic carbocycles. The molecule has 148 valence electrons. The number of hydrogen-bond acceptors (Lipinski definition) is 1. The van der Waals surface area contributed by atoms with Crippen molar-refractivity contribution < 1.29 is 13.5 Å². The third kappa shape index (κ3) is 5.04. The van der Waals surface area contributed by atoms with E-state index in [1.165, 1.54) is 6.07 Å². The minimum atomic E-state index is -0.445. The Balaban J connectivity index is 1.51. The molecule has 0 bridgehead atoms. The van der Waals surface area contributed by atoms with Crippen LogP contribution in [0.3, 0.4) is 0 Å². The normalized spacial score (nSPS) is 15.2. The molecule has 0 aliphatic heterocycles. The number of benzene rings is 3. The number of halogens is 3. The van der Waals surface area contributed by atoms with Crippen molar-refractivity contribution in [3.8, 4) is 11.5 Å². The van der Waals surface area contributed by atoms with Crippen molar-refractivity contribution >= 4 is 11.6 Å². The van der Waals surface area contributed by atoms with Gasteiger partial charge in [0.15, 0.2) is 11.6 Å². The van der Waals surface area contributed by atoms with Crippen molar-refractivity contribution in [2.24, 2.45) is 5.92 Å². The third-order valence-corrected chi connectivity index (χ3v) is 5.37. The van der Waals surface area contributed by atoms with Crippen molar-refractivity contribution in [3.05, 3.63) is 107 Å². The smallest absolute Gasteiger partial charge is 0.165 e. The summed E-state index contributed by atoms with van der Waals surface area (Å²) in [4.78, 5) is 0. The maximum absolute atomic E-state index is 15.1. The van der Waals surface area contributed by atoms with Crippen LogP contribution in [0.4, 0.5) is 8.78 Å². The molecule has 1 atom stereocenters. The van der Waals surface area contributed by atoms with Crippen LogP contribution < -0.4 is 4.74 Å². The first-order valence-corrected chi connectivity index (χ1v) is 10.1. The first-order chi connectivity index (χ1) is 14.1. The Morgan fingerprint density at radius 1 is 1.03 bits per heavy atom. The van der Waals surface area contributed by atoms with Crippen LogP contribution in [0.2, 0.25) is 5.02 Å². The Morgan fingerprint density at radius 3 is 2.45 bits per heavy atom. The van der Waals surface area contributed by atoms with E-state index < -0.39 is 5.82 Å². The number of rotatable bonds is 7. The summed E-state index contributed by atoms with van der Waals surface area (Å²) in [6, 6.07) is 21.1. The molecule has 4 heteroatoms. The Kier molecular flexibility index (Phi) is 5.96. The van der Waals surface area contributed by atoms with Crippen LogP contribution in [-0.4, -0.2) is 0 Å². The van der Waals surface area contributed by atoms with Gasteiger partial charge >= 0.3 is 0 Å². The quantitative estimate of drug-likeness (QED) is 0.385. The maximum atomic E-state index is 15.1. The molecule has 1 fully saturated rings. The van der Waals surface area contributed by atoms with E-state index in [1.54, 1.807) is 42.5 Å². The first kappa shape index (κ1) is 19.7. The Labute approximate surface area is 174 Å². The SMILES string of the molecule is FC(=CCc1ccc(F)c(Oc2ccccc2)c1)C(c1ccc(Cl)cc1)C1CC1. The van der Waals surface area contributed by atoms with E-state index >= 15 is 4.39 Å². The van der Waals surface area contributed by atoms with Crippen molar-refractivity contribution in [2.45, 2.75) is 25.2 Å². The first-order valence-electron chi connectivity index (χ1n) is 9.72. The summed E-state index contributed by atoms with van der Waals surface area (Å²) in [6.45, 7) is 0. The molecule has 0 radical (unpaired) electrons. The molecule has 0 spiro atoms. The van der Waals surface area contributed by atoms with Gasteiger partial charge in [0.05, 0.1) is 0 Å². The van der Waals surface area contributed by atoms with Gasteiger partial charge in [0.25, 0.3) is 0 Å². The summed E-state index contributed by atoms with van der Waals surface area (Å²) in [5.41, 5.74) is 1.73. The zero-order valence-corrected chi connectivity index (χ0v) is 16.6. The Hall–Kier alpha value is -2.65.